The van der Waals surface area contributed by atoms with Gasteiger partial charge in [-0.05, 0) is 37.6 Å². The van der Waals surface area contributed by atoms with Gasteiger partial charge in [0.15, 0.2) is 0 Å². The van der Waals surface area contributed by atoms with E-state index in [0.29, 0.717) is 6.42 Å². The van der Waals surface area contributed by atoms with Crippen LogP contribution in [0.2, 0.25) is 0 Å². The van der Waals surface area contributed by atoms with Crippen LogP contribution < -0.4 is 10.1 Å². The molecule has 0 spiro atoms. The molecule has 2 rings (SSSR count). The number of ether oxygens (including phenoxy) is 1. The Morgan fingerprint density at radius 1 is 1.38 bits per heavy atom. The van der Waals surface area contributed by atoms with Crippen molar-refractivity contribution in [2.45, 2.75) is 25.1 Å². The lowest BCUT2D eigenvalue weighted by atomic mass is 9.89. The second-order valence-corrected chi connectivity index (χ2v) is 4.11. The zero-order valence-electron chi connectivity index (χ0n) is 9.50. The summed E-state index contributed by atoms with van der Waals surface area (Å²) < 4.78 is 18.8. The molecule has 1 saturated heterocycles. The third-order valence-corrected chi connectivity index (χ3v) is 3.21. The summed E-state index contributed by atoms with van der Waals surface area (Å²) in [5.74, 6) is 0.802. The zero-order chi connectivity index (χ0) is 10.9. The number of hydrogen-bond donors (Lipinski definition) is 1. The van der Waals surface area contributed by atoms with Crippen LogP contribution in [-0.2, 0) is 5.54 Å². The molecule has 1 heterocycles. The molecule has 4 heteroatoms. The Morgan fingerprint density at radius 2 is 2.00 bits per heavy atom. The second kappa shape index (κ2) is 5.02. The maximum Gasteiger partial charge on any atom is 0.123 e. The largest absolute Gasteiger partial charge is 0.497 e. The number of halogens is 2. The molecular weight excluding hydrogens is 229 g/mol. The predicted molar refractivity (Wildman–Crippen MR) is 65.1 cm³/mol. The van der Waals surface area contributed by atoms with Crippen LogP contribution in [0.25, 0.3) is 0 Å². The molecule has 0 saturated carbocycles. The monoisotopic (exact) mass is 245 g/mol. The minimum absolute atomic E-state index is 0. The molecular formula is C12H17ClFNO. The molecule has 2 nitrogen and oxygen atoms in total. The zero-order valence-corrected chi connectivity index (χ0v) is 10.3. The molecule has 0 aromatic heterocycles. The van der Waals surface area contributed by atoms with Gasteiger partial charge in [-0.3, -0.25) is 0 Å². The highest BCUT2D eigenvalue weighted by Gasteiger charge is 2.40. The van der Waals surface area contributed by atoms with Gasteiger partial charge in [0, 0.05) is 0 Å². The van der Waals surface area contributed by atoms with Crippen LogP contribution in [0.1, 0.15) is 18.9 Å². The van der Waals surface area contributed by atoms with Crippen molar-refractivity contribution >= 4 is 12.4 Å². The third-order valence-electron chi connectivity index (χ3n) is 3.21. The molecule has 1 fully saturated rings. The smallest absolute Gasteiger partial charge is 0.123 e. The Balaban J connectivity index is 0.00000128. The van der Waals surface area contributed by atoms with E-state index in [1.807, 2.05) is 31.2 Å². The Morgan fingerprint density at radius 3 is 2.44 bits per heavy atom. The second-order valence-electron chi connectivity index (χ2n) is 4.11. The number of nitrogens with one attached hydrogen (secondary N) is 1. The van der Waals surface area contributed by atoms with Crippen LogP contribution in [0.15, 0.2) is 24.3 Å². The normalized spacial score (nSPS) is 28.6. The molecule has 0 aliphatic carbocycles. The van der Waals surface area contributed by atoms with E-state index < -0.39 is 11.7 Å². The molecule has 2 unspecified atom stereocenters. The van der Waals surface area contributed by atoms with Crippen molar-refractivity contribution < 1.29 is 9.13 Å². The predicted octanol–water partition coefficient (Wildman–Crippen LogP) is 2.66. The first-order chi connectivity index (χ1) is 7.16. The van der Waals surface area contributed by atoms with E-state index in [0.717, 1.165) is 17.9 Å². The van der Waals surface area contributed by atoms with E-state index >= 15 is 0 Å². The van der Waals surface area contributed by atoms with Crippen LogP contribution in [0.5, 0.6) is 5.75 Å². The summed E-state index contributed by atoms with van der Waals surface area (Å²) in [6.07, 6.45) is -0.228. The van der Waals surface area contributed by atoms with Gasteiger partial charge in [0.1, 0.15) is 11.9 Å². The summed E-state index contributed by atoms with van der Waals surface area (Å²) in [7, 11) is 1.63. The van der Waals surface area contributed by atoms with Gasteiger partial charge >= 0.3 is 0 Å². The molecule has 0 bridgehead atoms. The standard InChI is InChI=1S/C12H16FNO.ClH/c1-12(11(13)7-8-14-12)9-3-5-10(15-2)6-4-9;/h3-6,11,14H,7-8H2,1-2H3;1H. The lowest BCUT2D eigenvalue weighted by Gasteiger charge is -2.27. The molecule has 1 aliphatic rings. The van der Waals surface area contributed by atoms with Crippen molar-refractivity contribution in [3.63, 3.8) is 0 Å². The average Bonchev–Trinajstić information content (AvgIpc) is 2.61. The summed E-state index contributed by atoms with van der Waals surface area (Å²) >= 11 is 0. The van der Waals surface area contributed by atoms with Gasteiger partial charge < -0.3 is 10.1 Å². The van der Waals surface area contributed by atoms with E-state index in [-0.39, 0.29) is 12.4 Å². The topological polar surface area (TPSA) is 21.3 Å². The fraction of sp³-hybridized carbons (Fsp3) is 0.500. The van der Waals surface area contributed by atoms with E-state index in [4.69, 9.17) is 4.74 Å². The maximum absolute atomic E-state index is 13.7. The molecule has 2 atom stereocenters. The average molecular weight is 246 g/mol. The quantitative estimate of drug-likeness (QED) is 0.865. The molecule has 1 N–H and O–H groups in total. The number of alkyl halides is 1. The van der Waals surface area contributed by atoms with Crippen molar-refractivity contribution in [1.82, 2.24) is 5.32 Å². The molecule has 1 aromatic carbocycles. The number of hydrogen-bond acceptors (Lipinski definition) is 2. The Kier molecular flexibility index (Phi) is 4.16. The third kappa shape index (κ3) is 2.15. The first-order valence-corrected chi connectivity index (χ1v) is 5.20. The molecule has 0 radical (unpaired) electrons. The van der Waals surface area contributed by atoms with Gasteiger partial charge in [0.2, 0.25) is 0 Å². The van der Waals surface area contributed by atoms with E-state index in [2.05, 4.69) is 5.32 Å². The summed E-state index contributed by atoms with van der Waals surface area (Å²) in [6.45, 7) is 2.65. The van der Waals surface area contributed by atoms with E-state index in [9.17, 15) is 4.39 Å². The summed E-state index contributed by atoms with van der Waals surface area (Å²) in [5, 5.41) is 3.22. The first-order valence-electron chi connectivity index (χ1n) is 5.20. The van der Waals surface area contributed by atoms with Crippen molar-refractivity contribution in [2.24, 2.45) is 0 Å². The van der Waals surface area contributed by atoms with E-state index in [1.165, 1.54) is 0 Å². The van der Waals surface area contributed by atoms with Gasteiger partial charge in [-0.2, -0.15) is 0 Å². The number of methoxy groups -OCH3 is 1. The summed E-state index contributed by atoms with van der Waals surface area (Å²) in [5.41, 5.74) is 0.444. The number of rotatable bonds is 2. The van der Waals surface area contributed by atoms with Crippen molar-refractivity contribution in [3.8, 4) is 5.75 Å². The fourth-order valence-corrected chi connectivity index (χ4v) is 2.08. The van der Waals surface area contributed by atoms with Gasteiger partial charge in [-0.1, -0.05) is 12.1 Å². The van der Waals surface area contributed by atoms with Crippen molar-refractivity contribution in [2.75, 3.05) is 13.7 Å². The maximum atomic E-state index is 13.7. The van der Waals surface area contributed by atoms with Gasteiger partial charge in [0.25, 0.3) is 0 Å². The molecule has 1 aliphatic heterocycles. The van der Waals surface area contributed by atoms with Crippen LogP contribution in [-0.4, -0.2) is 19.8 Å². The van der Waals surface area contributed by atoms with E-state index in [1.54, 1.807) is 7.11 Å². The molecule has 90 valence electrons. The van der Waals surface area contributed by atoms with Gasteiger partial charge in [0.05, 0.1) is 12.6 Å². The van der Waals surface area contributed by atoms with Crippen LogP contribution in [0, 0.1) is 0 Å². The van der Waals surface area contributed by atoms with Gasteiger partial charge in [-0.15, -0.1) is 12.4 Å². The molecule has 1 aromatic rings. The lowest BCUT2D eigenvalue weighted by molar-refractivity contribution is 0.219. The highest BCUT2D eigenvalue weighted by Crippen LogP contribution is 2.33. The lowest BCUT2D eigenvalue weighted by Crippen LogP contribution is -2.39. The van der Waals surface area contributed by atoms with Crippen molar-refractivity contribution in [3.05, 3.63) is 29.8 Å². The Labute approximate surface area is 102 Å². The Bertz CT molecular complexity index is 343. The van der Waals surface area contributed by atoms with Crippen molar-refractivity contribution in [1.29, 1.82) is 0 Å². The number of benzene rings is 1. The minimum atomic E-state index is -0.814. The Hall–Kier alpha value is -0.800. The first kappa shape index (κ1) is 13.3. The van der Waals surface area contributed by atoms with Crippen LogP contribution in [0.4, 0.5) is 4.39 Å². The molecule has 16 heavy (non-hydrogen) atoms. The van der Waals surface area contributed by atoms with Gasteiger partial charge in [-0.25, -0.2) is 4.39 Å². The highest BCUT2D eigenvalue weighted by atomic mass is 35.5. The summed E-state index contributed by atoms with van der Waals surface area (Å²) in [4.78, 5) is 0. The van der Waals surface area contributed by atoms with Crippen LogP contribution in [0.3, 0.4) is 0 Å². The summed E-state index contributed by atoms with van der Waals surface area (Å²) in [6, 6.07) is 7.58. The molecule has 0 amide bonds. The highest BCUT2D eigenvalue weighted by molar-refractivity contribution is 5.85. The fourth-order valence-electron chi connectivity index (χ4n) is 2.08. The van der Waals surface area contributed by atoms with Crippen LogP contribution >= 0.6 is 12.4 Å². The minimum Gasteiger partial charge on any atom is -0.497 e. The SMILES string of the molecule is COc1ccc(C2(C)NCCC2F)cc1.Cl.